The molecular formula is C13H20N4O2S. The van der Waals surface area contributed by atoms with Gasteiger partial charge in [0.05, 0.1) is 5.25 Å². The number of hydrogen-bond donors (Lipinski definition) is 0. The first-order chi connectivity index (χ1) is 9.48. The number of rotatable bonds is 1. The lowest BCUT2D eigenvalue weighted by molar-refractivity contribution is 0.429. The lowest BCUT2D eigenvalue weighted by atomic mass is 10.0. The molecular weight excluding hydrogens is 276 g/mol. The van der Waals surface area contributed by atoms with Crippen molar-refractivity contribution in [2.75, 3.05) is 31.6 Å². The summed E-state index contributed by atoms with van der Waals surface area (Å²) in [5.74, 6) is 0.946. The number of fused-ring (bicyclic) bond motifs is 1. The zero-order chi connectivity index (χ0) is 14.3. The Morgan fingerprint density at radius 3 is 2.55 bits per heavy atom. The van der Waals surface area contributed by atoms with Crippen molar-refractivity contribution in [3.8, 4) is 0 Å². The lowest BCUT2D eigenvalue weighted by Gasteiger charge is -2.21. The maximum Gasteiger partial charge on any atom is 0.225 e. The van der Waals surface area contributed by atoms with Crippen LogP contribution in [0.15, 0.2) is 12.4 Å². The van der Waals surface area contributed by atoms with Crippen LogP contribution in [-0.2, 0) is 10.0 Å². The largest absolute Gasteiger partial charge is 0.341 e. The molecule has 6 nitrogen and oxygen atoms in total. The van der Waals surface area contributed by atoms with Crippen molar-refractivity contribution in [1.29, 1.82) is 0 Å². The standard InChI is InChI=1S/C13H20N4O2S/c1-10-7-14-13(15-8-10)17-5-3-11-9-16(2)20(18,19)12(11)4-6-17/h7-8,11-12H,3-6,9H2,1-2H3/t11-,12-/m0/s1. The van der Waals surface area contributed by atoms with Crippen LogP contribution in [-0.4, -0.2) is 54.6 Å². The van der Waals surface area contributed by atoms with Crippen molar-refractivity contribution in [2.45, 2.75) is 25.0 Å². The SMILES string of the molecule is Cc1cnc(N2CC[C@H]3CN(C)S(=O)(=O)[C@H]3CC2)nc1. The van der Waals surface area contributed by atoms with E-state index in [9.17, 15) is 8.42 Å². The molecule has 2 saturated heterocycles. The molecule has 0 radical (unpaired) electrons. The van der Waals surface area contributed by atoms with E-state index in [1.54, 1.807) is 19.4 Å². The quantitative estimate of drug-likeness (QED) is 0.761. The van der Waals surface area contributed by atoms with Crippen molar-refractivity contribution in [3.63, 3.8) is 0 Å². The summed E-state index contributed by atoms with van der Waals surface area (Å²) in [6, 6.07) is 0. The Balaban J connectivity index is 1.78. The summed E-state index contributed by atoms with van der Waals surface area (Å²) in [6.07, 6.45) is 5.15. The van der Waals surface area contributed by atoms with Gasteiger partial charge in [-0.3, -0.25) is 0 Å². The van der Waals surface area contributed by atoms with Gasteiger partial charge in [-0.1, -0.05) is 0 Å². The molecule has 7 heteroatoms. The van der Waals surface area contributed by atoms with Crippen LogP contribution in [0.4, 0.5) is 5.95 Å². The smallest absolute Gasteiger partial charge is 0.225 e. The van der Waals surface area contributed by atoms with Gasteiger partial charge in [-0.05, 0) is 31.2 Å². The van der Waals surface area contributed by atoms with Gasteiger partial charge in [-0.25, -0.2) is 22.7 Å². The fourth-order valence-corrected chi connectivity index (χ4v) is 5.13. The van der Waals surface area contributed by atoms with E-state index >= 15 is 0 Å². The van der Waals surface area contributed by atoms with E-state index in [2.05, 4.69) is 14.9 Å². The molecule has 1 aromatic heterocycles. The highest BCUT2D eigenvalue weighted by Crippen LogP contribution is 2.33. The third-order valence-corrected chi connectivity index (χ3v) is 6.74. The Hall–Kier alpha value is -1.21. The summed E-state index contributed by atoms with van der Waals surface area (Å²) < 4.78 is 26.0. The highest BCUT2D eigenvalue weighted by atomic mass is 32.2. The van der Waals surface area contributed by atoms with Crippen LogP contribution in [0, 0.1) is 12.8 Å². The maximum atomic E-state index is 12.2. The molecule has 0 N–H and O–H groups in total. The topological polar surface area (TPSA) is 66.4 Å². The van der Waals surface area contributed by atoms with Gasteiger partial charge in [0.2, 0.25) is 16.0 Å². The van der Waals surface area contributed by atoms with Crippen molar-refractivity contribution in [3.05, 3.63) is 18.0 Å². The molecule has 3 rings (SSSR count). The molecule has 0 bridgehead atoms. The van der Waals surface area contributed by atoms with Gasteiger partial charge < -0.3 is 4.90 Å². The third-order valence-electron chi connectivity index (χ3n) is 4.34. The Kier molecular flexibility index (Phi) is 3.41. The minimum Gasteiger partial charge on any atom is -0.341 e. The van der Waals surface area contributed by atoms with E-state index in [-0.39, 0.29) is 11.2 Å². The Morgan fingerprint density at radius 2 is 1.85 bits per heavy atom. The number of sulfonamides is 1. The normalized spacial score (nSPS) is 30.0. The van der Waals surface area contributed by atoms with Gasteiger partial charge in [0.25, 0.3) is 0 Å². The Morgan fingerprint density at radius 1 is 1.20 bits per heavy atom. The fourth-order valence-electron chi connectivity index (χ4n) is 3.15. The molecule has 0 aromatic carbocycles. The van der Waals surface area contributed by atoms with Crippen molar-refractivity contribution >= 4 is 16.0 Å². The summed E-state index contributed by atoms with van der Waals surface area (Å²) in [5, 5.41) is -0.233. The molecule has 20 heavy (non-hydrogen) atoms. The second-order valence-electron chi connectivity index (χ2n) is 5.75. The molecule has 0 spiro atoms. The van der Waals surface area contributed by atoms with Gasteiger partial charge in [0.15, 0.2) is 0 Å². The monoisotopic (exact) mass is 296 g/mol. The Labute approximate surface area is 119 Å². The zero-order valence-corrected chi connectivity index (χ0v) is 12.7. The van der Waals surface area contributed by atoms with Crippen LogP contribution < -0.4 is 4.90 Å². The Bertz CT molecular complexity index is 587. The lowest BCUT2D eigenvalue weighted by Crippen LogP contribution is -2.30. The summed E-state index contributed by atoms with van der Waals surface area (Å²) >= 11 is 0. The minimum atomic E-state index is -3.10. The van der Waals surface area contributed by atoms with Crippen molar-refractivity contribution < 1.29 is 8.42 Å². The maximum absolute atomic E-state index is 12.2. The number of aromatic nitrogens is 2. The van der Waals surface area contributed by atoms with E-state index in [1.165, 1.54) is 4.31 Å². The van der Waals surface area contributed by atoms with Crippen LogP contribution >= 0.6 is 0 Å². The fraction of sp³-hybridized carbons (Fsp3) is 0.692. The molecule has 2 aliphatic rings. The predicted octanol–water partition coefficient (Wildman–Crippen LogP) is 0.645. The van der Waals surface area contributed by atoms with E-state index in [0.717, 1.165) is 18.5 Å². The average Bonchev–Trinajstić information content (AvgIpc) is 2.58. The molecule has 2 aliphatic heterocycles. The molecule has 2 fully saturated rings. The van der Waals surface area contributed by atoms with Gasteiger partial charge in [-0.15, -0.1) is 0 Å². The highest BCUT2D eigenvalue weighted by molar-refractivity contribution is 7.90. The average molecular weight is 296 g/mol. The molecule has 2 atom stereocenters. The van der Waals surface area contributed by atoms with E-state index in [1.807, 2.05) is 6.92 Å². The minimum absolute atomic E-state index is 0.233. The second kappa shape index (κ2) is 4.96. The van der Waals surface area contributed by atoms with E-state index in [0.29, 0.717) is 25.5 Å². The molecule has 110 valence electrons. The summed E-state index contributed by atoms with van der Waals surface area (Å²) in [6.45, 7) is 4.14. The molecule has 1 aromatic rings. The summed E-state index contributed by atoms with van der Waals surface area (Å²) in [7, 11) is -1.41. The summed E-state index contributed by atoms with van der Waals surface area (Å²) in [5.41, 5.74) is 1.03. The first-order valence-electron chi connectivity index (χ1n) is 6.97. The zero-order valence-electron chi connectivity index (χ0n) is 11.9. The van der Waals surface area contributed by atoms with Gasteiger partial charge >= 0.3 is 0 Å². The van der Waals surface area contributed by atoms with Crippen LogP contribution in [0.1, 0.15) is 18.4 Å². The predicted molar refractivity (Wildman–Crippen MR) is 77.0 cm³/mol. The molecule has 3 heterocycles. The van der Waals surface area contributed by atoms with Crippen molar-refractivity contribution in [1.82, 2.24) is 14.3 Å². The van der Waals surface area contributed by atoms with E-state index < -0.39 is 10.0 Å². The second-order valence-corrected chi connectivity index (χ2v) is 8.01. The van der Waals surface area contributed by atoms with Crippen LogP contribution in [0.5, 0.6) is 0 Å². The van der Waals surface area contributed by atoms with Gasteiger partial charge in [0, 0.05) is 39.1 Å². The number of hydrogen-bond acceptors (Lipinski definition) is 5. The summed E-state index contributed by atoms with van der Waals surface area (Å²) in [4.78, 5) is 10.8. The number of nitrogens with zero attached hydrogens (tertiary/aromatic N) is 4. The van der Waals surface area contributed by atoms with Crippen LogP contribution in [0.2, 0.25) is 0 Å². The van der Waals surface area contributed by atoms with E-state index in [4.69, 9.17) is 0 Å². The molecule has 0 aliphatic carbocycles. The molecule has 0 amide bonds. The highest BCUT2D eigenvalue weighted by Gasteiger charge is 2.45. The van der Waals surface area contributed by atoms with Crippen LogP contribution in [0.3, 0.4) is 0 Å². The van der Waals surface area contributed by atoms with Gasteiger partial charge in [0.1, 0.15) is 0 Å². The first-order valence-corrected chi connectivity index (χ1v) is 8.47. The van der Waals surface area contributed by atoms with Crippen molar-refractivity contribution in [2.24, 2.45) is 5.92 Å². The third kappa shape index (κ3) is 2.29. The number of anilines is 1. The first kappa shape index (κ1) is 13.8. The molecule has 0 unspecified atom stereocenters. The van der Waals surface area contributed by atoms with Crippen LogP contribution in [0.25, 0.3) is 0 Å². The van der Waals surface area contributed by atoms with Gasteiger partial charge in [-0.2, -0.15) is 0 Å². The molecule has 0 saturated carbocycles. The number of aryl methyl sites for hydroxylation is 1.